The second kappa shape index (κ2) is 7.44. The van der Waals surface area contributed by atoms with E-state index in [0.717, 1.165) is 16.7 Å². The minimum atomic E-state index is -0.208. The van der Waals surface area contributed by atoms with Crippen LogP contribution in [0.3, 0.4) is 0 Å². The van der Waals surface area contributed by atoms with Crippen molar-refractivity contribution < 1.29 is 4.79 Å². The van der Waals surface area contributed by atoms with E-state index in [4.69, 9.17) is 11.6 Å². The second-order valence-electron chi connectivity index (χ2n) is 5.82. The molecule has 0 bridgehead atoms. The minimum absolute atomic E-state index is 0.00630. The Balaban J connectivity index is 1.64. The average molecular weight is 356 g/mol. The molecule has 128 valence electrons. The summed E-state index contributed by atoms with van der Waals surface area (Å²) in [6.45, 7) is 3.89. The van der Waals surface area contributed by atoms with Crippen LogP contribution in [0.4, 0.5) is 0 Å². The molecule has 1 heterocycles. The molecule has 25 heavy (non-hydrogen) atoms. The number of nitrogens with one attached hydrogen (secondary N) is 1. The quantitative estimate of drug-likeness (QED) is 0.763. The number of carbonyl (C=O) groups is 1. The first-order valence-electron chi connectivity index (χ1n) is 7.91. The van der Waals surface area contributed by atoms with E-state index in [9.17, 15) is 4.79 Å². The molecule has 1 atom stereocenters. The largest absolute Gasteiger partial charge is 0.348 e. The maximum absolute atomic E-state index is 12.2. The van der Waals surface area contributed by atoms with Crippen LogP contribution in [0, 0.1) is 6.92 Å². The van der Waals surface area contributed by atoms with E-state index in [1.54, 1.807) is 6.07 Å². The monoisotopic (exact) mass is 355 g/mol. The van der Waals surface area contributed by atoms with Gasteiger partial charge in [-0.3, -0.25) is 4.79 Å². The molecule has 0 aliphatic carbocycles. The highest BCUT2D eigenvalue weighted by molar-refractivity contribution is 6.31. The van der Waals surface area contributed by atoms with Crippen LogP contribution < -0.4 is 5.32 Å². The number of benzene rings is 2. The smallest absolute Gasteiger partial charge is 0.244 e. The van der Waals surface area contributed by atoms with Gasteiger partial charge in [-0.1, -0.05) is 59.6 Å². The van der Waals surface area contributed by atoms with Crippen molar-refractivity contribution in [2.24, 2.45) is 0 Å². The molecule has 2 aromatic carbocycles. The van der Waals surface area contributed by atoms with Crippen molar-refractivity contribution in [2.75, 3.05) is 0 Å². The predicted octanol–water partition coefficient (Wildman–Crippen LogP) is 3.18. The molecule has 0 unspecified atom stereocenters. The van der Waals surface area contributed by atoms with Crippen molar-refractivity contribution in [1.82, 2.24) is 25.5 Å². The van der Waals surface area contributed by atoms with E-state index < -0.39 is 0 Å². The summed E-state index contributed by atoms with van der Waals surface area (Å²) >= 11 is 6.15. The Bertz CT molecular complexity index is 875. The molecule has 1 amide bonds. The number of halogens is 1. The van der Waals surface area contributed by atoms with Crippen LogP contribution in [-0.2, 0) is 11.3 Å². The molecule has 0 spiro atoms. The predicted molar refractivity (Wildman–Crippen MR) is 96.0 cm³/mol. The summed E-state index contributed by atoms with van der Waals surface area (Å²) in [7, 11) is 0. The summed E-state index contributed by atoms with van der Waals surface area (Å²) < 4.78 is 0. The third-order valence-corrected chi connectivity index (χ3v) is 4.14. The second-order valence-corrected chi connectivity index (χ2v) is 6.23. The molecule has 3 rings (SSSR count). The zero-order chi connectivity index (χ0) is 17.8. The van der Waals surface area contributed by atoms with Gasteiger partial charge in [-0.25, -0.2) is 0 Å². The molecule has 3 aromatic rings. The fourth-order valence-corrected chi connectivity index (χ4v) is 2.75. The lowest BCUT2D eigenvalue weighted by molar-refractivity contribution is -0.122. The van der Waals surface area contributed by atoms with Gasteiger partial charge < -0.3 is 5.32 Å². The van der Waals surface area contributed by atoms with Gasteiger partial charge in [-0.2, -0.15) is 4.80 Å². The number of aryl methyl sites for hydroxylation is 1. The molecule has 0 aliphatic rings. The fraction of sp³-hybridized carbons (Fsp3) is 0.222. The highest BCUT2D eigenvalue weighted by Crippen LogP contribution is 2.22. The van der Waals surface area contributed by atoms with E-state index in [1.165, 1.54) is 4.80 Å². The van der Waals surface area contributed by atoms with Crippen LogP contribution in [0.15, 0.2) is 48.5 Å². The zero-order valence-electron chi connectivity index (χ0n) is 14.0. The molecule has 1 N–H and O–H groups in total. The van der Waals surface area contributed by atoms with E-state index in [-0.39, 0.29) is 18.5 Å². The van der Waals surface area contributed by atoms with E-state index >= 15 is 0 Å². The first kappa shape index (κ1) is 17.1. The lowest BCUT2D eigenvalue weighted by atomic mass is 10.1. The average Bonchev–Trinajstić information content (AvgIpc) is 3.04. The van der Waals surface area contributed by atoms with Gasteiger partial charge in [-0.15, -0.1) is 10.2 Å². The molecular weight excluding hydrogens is 338 g/mol. The van der Waals surface area contributed by atoms with Crippen LogP contribution in [0.25, 0.3) is 11.4 Å². The number of carbonyl (C=O) groups excluding carboxylic acids is 1. The Labute approximate surface area is 150 Å². The molecule has 0 aliphatic heterocycles. The van der Waals surface area contributed by atoms with Gasteiger partial charge in [0, 0.05) is 10.6 Å². The van der Waals surface area contributed by atoms with Crippen LogP contribution in [0.2, 0.25) is 5.02 Å². The summed E-state index contributed by atoms with van der Waals surface area (Å²) in [5, 5.41) is 15.7. The molecule has 0 saturated heterocycles. The van der Waals surface area contributed by atoms with Crippen LogP contribution in [0.1, 0.15) is 24.1 Å². The van der Waals surface area contributed by atoms with Crippen LogP contribution in [-0.4, -0.2) is 26.1 Å². The van der Waals surface area contributed by atoms with Crippen LogP contribution >= 0.6 is 11.6 Å². The number of tetrazole rings is 1. The van der Waals surface area contributed by atoms with Gasteiger partial charge in [-0.05, 0) is 30.7 Å². The SMILES string of the molecule is Cc1ccc(-c2nnn(CC(=O)N[C@H](C)c3ccccc3Cl)n2)cc1. The summed E-state index contributed by atoms with van der Waals surface area (Å²) in [4.78, 5) is 13.5. The molecule has 0 radical (unpaired) electrons. The van der Waals surface area contributed by atoms with Gasteiger partial charge in [0.2, 0.25) is 11.7 Å². The summed E-state index contributed by atoms with van der Waals surface area (Å²) in [5.41, 5.74) is 2.88. The van der Waals surface area contributed by atoms with Crippen molar-refractivity contribution >= 4 is 17.5 Å². The number of amides is 1. The van der Waals surface area contributed by atoms with Crippen molar-refractivity contribution in [2.45, 2.75) is 26.4 Å². The number of hydrogen-bond donors (Lipinski definition) is 1. The summed E-state index contributed by atoms with van der Waals surface area (Å²) in [5.74, 6) is 0.284. The van der Waals surface area contributed by atoms with E-state index in [2.05, 4.69) is 20.7 Å². The fourth-order valence-electron chi connectivity index (χ4n) is 2.45. The lowest BCUT2D eigenvalue weighted by Crippen LogP contribution is -2.31. The highest BCUT2D eigenvalue weighted by Gasteiger charge is 2.14. The standard InChI is InChI=1S/C18H18ClN5O/c1-12-7-9-14(10-8-12)18-21-23-24(22-18)11-17(25)20-13(2)15-5-3-4-6-16(15)19/h3-10,13H,11H2,1-2H3,(H,20,25)/t13-/m1/s1. The normalized spacial score (nSPS) is 12.0. The molecule has 0 fully saturated rings. The molecule has 7 heteroatoms. The zero-order valence-corrected chi connectivity index (χ0v) is 14.7. The Hall–Kier alpha value is -2.73. The maximum Gasteiger partial charge on any atom is 0.244 e. The van der Waals surface area contributed by atoms with E-state index in [1.807, 2.05) is 56.3 Å². The maximum atomic E-state index is 12.2. The Kier molecular flexibility index (Phi) is 5.09. The number of nitrogens with zero attached hydrogens (tertiary/aromatic N) is 4. The molecule has 6 nitrogen and oxygen atoms in total. The van der Waals surface area contributed by atoms with E-state index in [0.29, 0.717) is 10.8 Å². The van der Waals surface area contributed by atoms with Crippen molar-refractivity contribution in [3.63, 3.8) is 0 Å². The van der Waals surface area contributed by atoms with Gasteiger partial charge in [0.05, 0.1) is 6.04 Å². The van der Waals surface area contributed by atoms with Gasteiger partial charge in [0.25, 0.3) is 0 Å². The highest BCUT2D eigenvalue weighted by atomic mass is 35.5. The molecular formula is C18H18ClN5O. The van der Waals surface area contributed by atoms with Crippen molar-refractivity contribution in [3.05, 3.63) is 64.7 Å². The first-order valence-corrected chi connectivity index (χ1v) is 8.29. The van der Waals surface area contributed by atoms with Crippen LogP contribution in [0.5, 0.6) is 0 Å². The van der Waals surface area contributed by atoms with Gasteiger partial charge >= 0.3 is 0 Å². The molecule has 0 saturated carbocycles. The van der Waals surface area contributed by atoms with Gasteiger partial charge in [0.15, 0.2) is 0 Å². The number of rotatable bonds is 5. The number of hydrogen-bond acceptors (Lipinski definition) is 4. The van der Waals surface area contributed by atoms with Crippen molar-refractivity contribution in [1.29, 1.82) is 0 Å². The van der Waals surface area contributed by atoms with Crippen molar-refractivity contribution in [3.8, 4) is 11.4 Å². The molecule has 1 aromatic heterocycles. The number of aromatic nitrogens is 4. The Morgan fingerprint density at radius 1 is 1.20 bits per heavy atom. The summed E-state index contributed by atoms with van der Waals surface area (Å²) in [6.07, 6.45) is 0. The third kappa shape index (κ3) is 4.22. The third-order valence-electron chi connectivity index (χ3n) is 3.80. The minimum Gasteiger partial charge on any atom is -0.348 e. The van der Waals surface area contributed by atoms with Gasteiger partial charge in [0.1, 0.15) is 6.54 Å². The Morgan fingerprint density at radius 3 is 2.64 bits per heavy atom. The summed E-state index contributed by atoms with van der Waals surface area (Å²) in [6, 6.07) is 15.0. The first-order chi connectivity index (χ1) is 12.0. The Morgan fingerprint density at radius 2 is 1.92 bits per heavy atom. The topological polar surface area (TPSA) is 72.7 Å². The lowest BCUT2D eigenvalue weighted by Gasteiger charge is -2.15.